The predicted molar refractivity (Wildman–Crippen MR) is 75.8 cm³/mol. The number of carbonyl (C=O) groups excluding carboxylic acids is 1. The van der Waals surface area contributed by atoms with Gasteiger partial charge in [0.05, 0.1) is 25.7 Å². The van der Waals surface area contributed by atoms with Crippen LogP contribution in [0.15, 0.2) is 18.2 Å². The van der Waals surface area contributed by atoms with Crippen molar-refractivity contribution in [1.82, 2.24) is 4.90 Å². The summed E-state index contributed by atoms with van der Waals surface area (Å²) >= 11 is 0. The second-order valence-electron chi connectivity index (χ2n) is 4.99. The Labute approximate surface area is 123 Å². The van der Waals surface area contributed by atoms with E-state index in [0.717, 1.165) is 0 Å². The number of amides is 1. The van der Waals surface area contributed by atoms with Crippen molar-refractivity contribution in [2.75, 3.05) is 27.3 Å². The summed E-state index contributed by atoms with van der Waals surface area (Å²) in [7, 11) is 3.03. The Kier molecular flexibility index (Phi) is 4.67. The monoisotopic (exact) mass is 293 g/mol. The van der Waals surface area contributed by atoms with Crippen molar-refractivity contribution < 1.29 is 24.2 Å². The van der Waals surface area contributed by atoms with Crippen molar-refractivity contribution >= 4 is 11.9 Å². The summed E-state index contributed by atoms with van der Waals surface area (Å²) in [5, 5.41) is 9.10. The van der Waals surface area contributed by atoms with Gasteiger partial charge < -0.3 is 19.5 Å². The minimum Gasteiger partial charge on any atom is -0.497 e. The zero-order valence-corrected chi connectivity index (χ0v) is 12.2. The molecule has 0 spiro atoms. The van der Waals surface area contributed by atoms with Crippen molar-refractivity contribution in [3.8, 4) is 11.5 Å². The topological polar surface area (TPSA) is 76.1 Å². The Morgan fingerprint density at radius 1 is 1.29 bits per heavy atom. The third-order valence-electron chi connectivity index (χ3n) is 3.70. The standard InChI is InChI=1S/C15H19NO5/c1-20-11-5-6-12(13(8-11)21-2)14(17)16-7-3-4-10(9-16)15(18)19/h5-6,8,10H,3-4,7,9H2,1-2H3,(H,18,19)/t10-/m0/s1. The highest BCUT2D eigenvalue weighted by molar-refractivity contribution is 5.97. The molecule has 1 aliphatic rings. The maximum Gasteiger partial charge on any atom is 0.308 e. The first-order valence-corrected chi connectivity index (χ1v) is 6.81. The molecule has 0 aliphatic carbocycles. The Balaban J connectivity index is 2.21. The molecule has 1 amide bonds. The summed E-state index contributed by atoms with van der Waals surface area (Å²) in [4.78, 5) is 25.2. The highest BCUT2D eigenvalue weighted by Gasteiger charge is 2.29. The fraction of sp³-hybridized carbons (Fsp3) is 0.467. The van der Waals surface area contributed by atoms with Crippen molar-refractivity contribution in [3.63, 3.8) is 0 Å². The number of methoxy groups -OCH3 is 2. The highest BCUT2D eigenvalue weighted by Crippen LogP contribution is 2.27. The molecule has 0 unspecified atom stereocenters. The van der Waals surface area contributed by atoms with Crippen molar-refractivity contribution in [3.05, 3.63) is 23.8 Å². The molecule has 6 nitrogen and oxygen atoms in total. The summed E-state index contributed by atoms with van der Waals surface area (Å²) < 4.78 is 10.3. The Bertz CT molecular complexity index is 543. The zero-order chi connectivity index (χ0) is 15.4. The summed E-state index contributed by atoms with van der Waals surface area (Å²) in [5.41, 5.74) is 0.421. The minimum absolute atomic E-state index is 0.208. The smallest absolute Gasteiger partial charge is 0.308 e. The van der Waals surface area contributed by atoms with E-state index in [1.165, 1.54) is 7.11 Å². The molecular weight excluding hydrogens is 274 g/mol. The number of hydrogen-bond acceptors (Lipinski definition) is 4. The lowest BCUT2D eigenvalue weighted by Gasteiger charge is -2.31. The first kappa shape index (κ1) is 15.2. The molecule has 2 rings (SSSR count). The normalized spacial score (nSPS) is 18.2. The molecule has 1 saturated heterocycles. The number of hydrogen-bond donors (Lipinski definition) is 1. The van der Waals surface area contributed by atoms with E-state index >= 15 is 0 Å². The lowest BCUT2D eigenvalue weighted by molar-refractivity contribution is -0.143. The van der Waals surface area contributed by atoms with Crippen molar-refractivity contribution in [2.45, 2.75) is 12.8 Å². The molecule has 0 aromatic heterocycles. The van der Waals surface area contributed by atoms with Gasteiger partial charge in [-0.15, -0.1) is 0 Å². The summed E-state index contributed by atoms with van der Waals surface area (Å²) in [6, 6.07) is 4.98. The van der Waals surface area contributed by atoms with Crippen LogP contribution in [0.2, 0.25) is 0 Å². The molecule has 114 valence electrons. The third kappa shape index (κ3) is 3.26. The van der Waals surface area contributed by atoms with Gasteiger partial charge in [0, 0.05) is 19.2 Å². The van der Waals surface area contributed by atoms with E-state index in [1.807, 2.05) is 0 Å². The molecule has 1 aromatic rings. The average molecular weight is 293 g/mol. The zero-order valence-electron chi connectivity index (χ0n) is 12.2. The van der Waals surface area contributed by atoms with Gasteiger partial charge in [-0.1, -0.05) is 0 Å². The average Bonchev–Trinajstić information content (AvgIpc) is 2.53. The van der Waals surface area contributed by atoms with Crippen LogP contribution in [0.3, 0.4) is 0 Å². The van der Waals surface area contributed by atoms with Crippen LogP contribution >= 0.6 is 0 Å². The molecule has 1 atom stereocenters. The van der Waals surface area contributed by atoms with Crippen molar-refractivity contribution in [2.24, 2.45) is 5.92 Å². The molecule has 1 fully saturated rings. The van der Waals surface area contributed by atoms with E-state index in [2.05, 4.69) is 0 Å². The predicted octanol–water partition coefficient (Wildman–Crippen LogP) is 1.64. The number of ether oxygens (including phenoxy) is 2. The van der Waals surface area contributed by atoms with Gasteiger partial charge in [0.1, 0.15) is 11.5 Å². The van der Waals surface area contributed by atoms with E-state index in [4.69, 9.17) is 14.6 Å². The van der Waals surface area contributed by atoms with Gasteiger partial charge in [-0.3, -0.25) is 9.59 Å². The van der Waals surface area contributed by atoms with Crippen LogP contribution < -0.4 is 9.47 Å². The van der Waals surface area contributed by atoms with Gasteiger partial charge >= 0.3 is 5.97 Å². The molecule has 1 N–H and O–H groups in total. The van der Waals surface area contributed by atoms with Crippen LogP contribution in [0.25, 0.3) is 0 Å². The van der Waals surface area contributed by atoms with Gasteiger partial charge in [-0.2, -0.15) is 0 Å². The van der Waals surface area contributed by atoms with Crippen LogP contribution in [0, 0.1) is 5.92 Å². The fourth-order valence-corrected chi connectivity index (χ4v) is 2.51. The Morgan fingerprint density at radius 3 is 2.67 bits per heavy atom. The molecule has 0 radical (unpaired) electrons. The number of nitrogens with zero attached hydrogens (tertiary/aromatic N) is 1. The summed E-state index contributed by atoms with van der Waals surface area (Å²) in [6.45, 7) is 0.807. The Hall–Kier alpha value is -2.24. The number of carbonyl (C=O) groups is 2. The van der Waals surface area contributed by atoms with Crippen molar-refractivity contribution in [1.29, 1.82) is 0 Å². The van der Waals surface area contributed by atoms with E-state index in [1.54, 1.807) is 30.2 Å². The number of piperidine rings is 1. The largest absolute Gasteiger partial charge is 0.497 e. The summed E-state index contributed by atoms with van der Waals surface area (Å²) in [6.07, 6.45) is 1.31. The van der Waals surface area contributed by atoms with Crippen LogP contribution in [-0.2, 0) is 4.79 Å². The molecule has 0 saturated carbocycles. The molecule has 0 bridgehead atoms. The Morgan fingerprint density at radius 2 is 2.05 bits per heavy atom. The number of rotatable bonds is 4. The van der Waals surface area contributed by atoms with E-state index in [-0.39, 0.29) is 12.5 Å². The van der Waals surface area contributed by atoms with E-state index < -0.39 is 11.9 Å². The molecule has 1 heterocycles. The van der Waals surface area contributed by atoms with Crippen LogP contribution in [0.1, 0.15) is 23.2 Å². The minimum atomic E-state index is -0.853. The molecular formula is C15H19NO5. The fourth-order valence-electron chi connectivity index (χ4n) is 2.51. The molecule has 1 aromatic carbocycles. The van der Waals surface area contributed by atoms with Crippen LogP contribution in [0.4, 0.5) is 0 Å². The van der Waals surface area contributed by atoms with Gasteiger partial charge in [0.2, 0.25) is 0 Å². The number of carboxylic acids is 1. The SMILES string of the molecule is COc1ccc(C(=O)N2CCC[C@H](C(=O)O)C2)c(OC)c1. The number of aliphatic carboxylic acids is 1. The molecule has 1 aliphatic heterocycles. The molecule has 21 heavy (non-hydrogen) atoms. The van der Waals surface area contributed by atoms with E-state index in [0.29, 0.717) is 36.4 Å². The summed E-state index contributed by atoms with van der Waals surface area (Å²) in [5.74, 6) is -0.524. The second-order valence-corrected chi connectivity index (χ2v) is 4.99. The first-order chi connectivity index (χ1) is 10.1. The van der Waals surface area contributed by atoms with Crippen LogP contribution in [-0.4, -0.2) is 49.2 Å². The van der Waals surface area contributed by atoms with Gasteiger partial charge in [0.25, 0.3) is 5.91 Å². The quantitative estimate of drug-likeness (QED) is 0.913. The maximum absolute atomic E-state index is 12.6. The van der Waals surface area contributed by atoms with E-state index in [9.17, 15) is 9.59 Å². The highest BCUT2D eigenvalue weighted by atomic mass is 16.5. The lowest BCUT2D eigenvalue weighted by atomic mass is 9.97. The third-order valence-corrected chi connectivity index (χ3v) is 3.70. The van der Waals surface area contributed by atoms with Gasteiger partial charge in [-0.25, -0.2) is 0 Å². The van der Waals surface area contributed by atoms with Gasteiger partial charge in [-0.05, 0) is 25.0 Å². The lowest BCUT2D eigenvalue weighted by Crippen LogP contribution is -2.42. The second kappa shape index (κ2) is 6.47. The number of likely N-dealkylation sites (tertiary alicyclic amines) is 1. The van der Waals surface area contributed by atoms with Crippen LogP contribution in [0.5, 0.6) is 11.5 Å². The number of carboxylic acid groups (broad SMARTS) is 1. The maximum atomic E-state index is 12.6. The van der Waals surface area contributed by atoms with Gasteiger partial charge in [0.15, 0.2) is 0 Å². The molecule has 6 heteroatoms. The first-order valence-electron chi connectivity index (χ1n) is 6.81. The number of benzene rings is 1.